The first-order valence-electron chi connectivity index (χ1n) is 7.48. The van der Waals surface area contributed by atoms with E-state index in [2.05, 4.69) is 0 Å². The van der Waals surface area contributed by atoms with E-state index in [1.165, 1.54) is 0 Å². The van der Waals surface area contributed by atoms with Crippen LogP contribution in [0.2, 0.25) is 0 Å². The van der Waals surface area contributed by atoms with E-state index in [1.807, 2.05) is 31.2 Å². The molecule has 0 saturated heterocycles. The third-order valence-corrected chi connectivity index (χ3v) is 3.67. The Bertz CT molecular complexity index is 905. The van der Waals surface area contributed by atoms with Gasteiger partial charge in [-0.25, -0.2) is 4.79 Å². The fourth-order valence-electron chi connectivity index (χ4n) is 2.74. The Morgan fingerprint density at radius 1 is 1.14 bits per heavy atom. The maximum absolute atomic E-state index is 12.7. The minimum atomic E-state index is -0.406. The van der Waals surface area contributed by atoms with Gasteiger partial charge in [-0.1, -0.05) is 19.1 Å². The quantitative estimate of drug-likeness (QED) is 0.696. The van der Waals surface area contributed by atoms with Gasteiger partial charge in [-0.2, -0.15) is 0 Å². The molecule has 0 aliphatic carbocycles. The number of para-hydroxylation sites is 2. The molecule has 5 heteroatoms. The van der Waals surface area contributed by atoms with Crippen molar-refractivity contribution >= 4 is 22.5 Å². The predicted octanol–water partition coefficient (Wildman–Crippen LogP) is 2.84. The molecule has 0 radical (unpaired) electrons. The first-order valence-corrected chi connectivity index (χ1v) is 7.48. The molecule has 114 valence electrons. The molecule has 0 aliphatic rings. The van der Waals surface area contributed by atoms with Crippen molar-refractivity contribution in [3.05, 3.63) is 52.4 Å². The molecule has 3 rings (SSSR count). The second-order valence-corrected chi connectivity index (χ2v) is 5.15. The van der Waals surface area contributed by atoms with E-state index in [0.29, 0.717) is 24.2 Å². The van der Waals surface area contributed by atoms with Crippen LogP contribution in [-0.4, -0.2) is 21.5 Å². The summed E-state index contributed by atoms with van der Waals surface area (Å²) in [6.45, 7) is 4.76. The highest BCUT2D eigenvalue weighted by atomic mass is 16.5. The summed E-state index contributed by atoms with van der Waals surface area (Å²) in [5, 5.41) is 0. The zero-order chi connectivity index (χ0) is 15.7. The summed E-state index contributed by atoms with van der Waals surface area (Å²) in [5.74, 6) is -0.406. The molecule has 0 amide bonds. The maximum Gasteiger partial charge on any atom is 0.339 e. The lowest BCUT2D eigenvalue weighted by molar-refractivity contribution is 0.0526. The van der Waals surface area contributed by atoms with Crippen molar-refractivity contribution in [1.82, 2.24) is 8.97 Å². The summed E-state index contributed by atoms with van der Waals surface area (Å²) in [5.41, 5.74) is 2.58. The van der Waals surface area contributed by atoms with E-state index in [9.17, 15) is 9.59 Å². The summed E-state index contributed by atoms with van der Waals surface area (Å²) in [7, 11) is 0. The van der Waals surface area contributed by atoms with Crippen molar-refractivity contribution < 1.29 is 9.53 Å². The molecule has 1 aromatic carbocycles. The topological polar surface area (TPSA) is 52.7 Å². The number of carbonyl (C=O) groups excluding carboxylic acids is 1. The number of hydrogen-bond donors (Lipinski definition) is 0. The van der Waals surface area contributed by atoms with Crippen molar-refractivity contribution in [3.63, 3.8) is 0 Å². The Kier molecular flexibility index (Phi) is 3.71. The molecule has 2 aromatic heterocycles. The number of hydrogen-bond acceptors (Lipinski definition) is 3. The molecule has 0 unspecified atom stereocenters. The minimum Gasteiger partial charge on any atom is -0.462 e. The fraction of sp³-hybridized carbons (Fsp3) is 0.294. The Balaban J connectivity index is 2.35. The molecule has 0 fully saturated rings. The van der Waals surface area contributed by atoms with Gasteiger partial charge in [0.2, 0.25) is 0 Å². The molecular weight excluding hydrogens is 280 g/mol. The van der Waals surface area contributed by atoms with E-state index in [4.69, 9.17) is 4.74 Å². The van der Waals surface area contributed by atoms with Gasteiger partial charge in [0.15, 0.2) is 0 Å². The third kappa shape index (κ3) is 2.19. The summed E-state index contributed by atoms with van der Waals surface area (Å²) in [6.07, 6.45) is 2.54. The maximum atomic E-state index is 12.7. The second-order valence-electron chi connectivity index (χ2n) is 5.15. The van der Waals surface area contributed by atoms with Gasteiger partial charge in [-0.15, -0.1) is 0 Å². The molecule has 3 aromatic rings. The van der Waals surface area contributed by atoms with Crippen LogP contribution in [0.25, 0.3) is 16.6 Å². The first-order chi connectivity index (χ1) is 10.7. The van der Waals surface area contributed by atoms with Gasteiger partial charge in [0.05, 0.1) is 23.2 Å². The number of aryl methyl sites for hydroxylation is 1. The second kappa shape index (κ2) is 5.67. The lowest BCUT2D eigenvalue weighted by Gasteiger charge is -2.11. The molecule has 0 aliphatic heterocycles. The summed E-state index contributed by atoms with van der Waals surface area (Å²) in [4.78, 5) is 24.6. The van der Waals surface area contributed by atoms with Crippen molar-refractivity contribution in [2.24, 2.45) is 0 Å². The first kappa shape index (κ1) is 14.4. The zero-order valence-corrected chi connectivity index (χ0v) is 12.7. The van der Waals surface area contributed by atoms with Crippen LogP contribution in [0.1, 0.15) is 30.6 Å². The minimum absolute atomic E-state index is 0.0869. The lowest BCUT2D eigenvalue weighted by atomic mass is 10.2. The van der Waals surface area contributed by atoms with Crippen LogP contribution in [0.15, 0.2) is 41.3 Å². The molecule has 22 heavy (non-hydrogen) atoms. The molecule has 0 bridgehead atoms. The Morgan fingerprint density at radius 3 is 2.55 bits per heavy atom. The van der Waals surface area contributed by atoms with Gasteiger partial charge in [0, 0.05) is 12.7 Å². The number of rotatable bonds is 4. The van der Waals surface area contributed by atoms with E-state index in [1.54, 1.807) is 28.2 Å². The zero-order valence-electron chi connectivity index (χ0n) is 12.7. The highest BCUT2D eigenvalue weighted by molar-refractivity contribution is 5.92. The monoisotopic (exact) mass is 298 g/mol. The number of aromatic nitrogens is 2. The SMILES string of the molecule is CCCn1c(=O)c2cc(C(=O)OCC)cn2c2ccccc21. The Morgan fingerprint density at radius 2 is 1.86 bits per heavy atom. The lowest BCUT2D eigenvalue weighted by Crippen LogP contribution is -2.22. The smallest absolute Gasteiger partial charge is 0.339 e. The largest absolute Gasteiger partial charge is 0.462 e. The summed E-state index contributed by atoms with van der Waals surface area (Å²) < 4.78 is 8.56. The standard InChI is InChI=1S/C17H18N2O3/c1-3-9-18-13-7-5-6-8-14(13)19-11-12(17(21)22-4-2)10-15(19)16(18)20/h5-8,10-11H,3-4,9H2,1-2H3. The number of benzene rings is 1. The fourth-order valence-corrected chi connectivity index (χ4v) is 2.74. The summed E-state index contributed by atoms with van der Waals surface area (Å²) in [6, 6.07) is 9.32. The van der Waals surface area contributed by atoms with Crippen LogP contribution in [0.4, 0.5) is 0 Å². The molecule has 5 nitrogen and oxygen atoms in total. The van der Waals surface area contributed by atoms with Gasteiger partial charge >= 0.3 is 5.97 Å². The van der Waals surface area contributed by atoms with E-state index in [0.717, 1.165) is 17.5 Å². The predicted molar refractivity (Wildman–Crippen MR) is 85.4 cm³/mol. The number of fused-ring (bicyclic) bond motifs is 3. The van der Waals surface area contributed by atoms with E-state index < -0.39 is 5.97 Å². The van der Waals surface area contributed by atoms with Gasteiger partial charge in [0.25, 0.3) is 5.56 Å². The molecule has 0 saturated carbocycles. The van der Waals surface area contributed by atoms with Crippen LogP contribution in [0, 0.1) is 0 Å². The third-order valence-electron chi connectivity index (χ3n) is 3.67. The molecule has 0 spiro atoms. The van der Waals surface area contributed by atoms with Crippen LogP contribution >= 0.6 is 0 Å². The van der Waals surface area contributed by atoms with Crippen molar-refractivity contribution in [1.29, 1.82) is 0 Å². The van der Waals surface area contributed by atoms with E-state index in [-0.39, 0.29) is 5.56 Å². The number of nitrogens with zero attached hydrogens (tertiary/aromatic N) is 2. The van der Waals surface area contributed by atoms with Crippen molar-refractivity contribution in [2.75, 3.05) is 6.61 Å². The molecular formula is C17H18N2O3. The van der Waals surface area contributed by atoms with Crippen molar-refractivity contribution in [2.45, 2.75) is 26.8 Å². The van der Waals surface area contributed by atoms with Crippen molar-refractivity contribution in [3.8, 4) is 0 Å². The highest BCUT2D eigenvalue weighted by Gasteiger charge is 2.15. The van der Waals surface area contributed by atoms with E-state index >= 15 is 0 Å². The molecule has 2 heterocycles. The normalized spacial score (nSPS) is 11.2. The van der Waals surface area contributed by atoms with Gasteiger partial charge in [-0.05, 0) is 31.5 Å². The number of carbonyl (C=O) groups is 1. The molecule has 0 N–H and O–H groups in total. The van der Waals surface area contributed by atoms with Gasteiger partial charge in [0.1, 0.15) is 5.52 Å². The van der Waals surface area contributed by atoms with Gasteiger partial charge < -0.3 is 13.7 Å². The Hall–Kier alpha value is -2.56. The van der Waals surface area contributed by atoms with Crippen LogP contribution < -0.4 is 5.56 Å². The van der Waals surface area contributed by atoms with Crippen LogP contribution in [0.5, 0.6) is 0 Å². The highest BCUT2D eigenvalue weighted by Crippen LogP contribution is 2.18. The average molecular weight is 298 g/mol. The van der Waals surface area contributed by atoms with Gasteiger partial charge in [-0.3, -0.25) is 4.79 Å². The molecule has 0 atom stereocenters. The summed E-state index contributed by atoms with van der Waals surface area (Å²) >= 11 is 0. The van der Waals surface area contributed by atoms with Crippen LogP contribution in [0.3, 0.4) is 0 Å². The number of ether oxygens (including phenoxy) is 1. The number of esters is 1. The Labute approximate surface area is 127 Å². The average Bonchev–Trinajstić information content (AvgIpc) is 2.97. The van der Waals surface area contributed by atoms with Crippen LogP contribution in [-0.2, 0) is 11.3 Å².